The molecule has 0 spiro atoms. The van der Waals surface area contributed by atoms with Gasteiger partial charge in [-0.05, 0) is 48.9 Å². The van der Waals surface area contributed by atoms with Gasteiger partial charge in [0, 0.05) is 10.7 Å². The van der Waals surface area contributed by atoms with E-state index in [1.54, 1.807) is 24.3 Å². The molecule has 0 unspecified atom stereocenters. The number of anilines is 1. The number of benzene rings is 2. The molecular formula is C14H12ClNO3. The van der Waals surface area contributed by atoms with Crippen molar-refractivity contribution in [2.75, 3.05) is 5.73 Å². The van der Waals surface area contributed by atoms with Gasteiger partial charge < -0.3 is 15.6 Å². The summed E-state index contributed by atoms with van der Waals surface area (Å²) in [5.41, 5.74) is 6.66. The van der Waals surface area contributed by atoms with Crippen molar-refractivity contribution in [2.45, 2.75) is 6.92 Å². The molecule has 0 fully saturated rings. The maximum atomic E-state index is 11.0. The predicted molar refractivity (Wildman–Crippen MR) is 74.1 cm³/mol. The normalized spacial score (nSPS) is 10.2. The molecule has 0 saturated carbocycles. The van der Waals surface area contributed by atoms with E-state index in [0.717, 1.165) is 5.56 Å². The summed E-state index contributed by atoms with van der Waals surface area (Å²) in [6.07, 6.45) is 0. The van der Waals surface area contributed by atoms with Crippen molar-refractivity contribution in [1.29, 1.82) is 0 Å². The molecule has 2 rings (SSSR count). The first kappa shape index (κ1) is 13.2. The van der Waals surface area contributed by atoms with Gasteiger partial charge in [0.1, 0.15) is 11.5 Å². The van der Waals surface area contributed by atoms with Crippen LogP contribution in [0.1, 0.15) is 15.9 Å². The minimum atomic E-state index is -1.09. The predicted octanol–water partition coefficient (Wildman–Crippen LogP) is 3.72. The molecule has 0 radical (unpaired) electrons. The Morgan fingerprint density at radius 3 is 2.63 bits per heavy atom. The van der Waals surface area contributed by atoms with Crippen LogP contribution in [0.3, 0.4) is 0 Å². The number of carbonyl (C=O) groups is 1. The highest BCUT2D eigenvalue weighted by atomic mass is 35.5. The summed E-state index contributed by atoms with van der Waals surface area (Å²) in [7, 11) is 0. The topological polar surface area (TPSA) is 72.5 Å². The fourth-order valence-electron chi connectivity index (χ4n) is 1.64. The summed E-state index contributed by atoms with van der Waals surface area (Å²) in [5.74, 6) is -0.0571. The molecule has 0 aliphatic carbocycles. The van der Waals surface area contributed by atoms with E-state index >= 15 is 0 Å². The summed E-state index contributed by atoms with van der Waals surface area (Å²) in [6, 6.07) is 9.73. The van der Waals surface area contributed by atoms with E-state index in [1.165, 1.54) is 12.1 Å². The molecule has 19 heavy (non-hydrogen) atoms. The Morgan fingerprint density at radius 1 is 1.26 bits per heavy atom. The van der Waals surface area contributed by atoms with E-state index in [4.69, 9.17) is 27.2 Å². The fourth-order valence-corrected chi connectivity index (χ4v) is 1.87. The first-order valence-corrected chi connectivity index (χ1v) is 5.92. The minimum absolute atomic E-state index is 0.0177. The summed E-state index contributed by atoms with van der Waals surface area (Å²) in [6.45, 7) is 1.86. The van der Waals surface area contributed by atoms with Crippen LogP contribution in [0, 0.1) is 6.92 Å². The van der Waals surface area contributed by atoms with Crippen molar-refractivity contribution in [3.05, 3.63) is 52.5 Å². The van der Waals surface area contributed by atoms with Gasteiger partial charge in [0.05, 0.1) is 5.56 Å². The standard InChI is InChI=1S/C14H12ClNO3/c1-8-6-9(15)2-5-13(8)19-10-3-4-12(16)11(7-10)14(17)18/h2-7H,16H2,1H3,(H,17,18). The van der Waals surface area contributed by atoms with E-state index in [2.05, 4.69) is 0 Å². The smallest absolute Gasteiger partial charge is 0.337 e. The van der Waals surface area contributed by atoms with E-state index in [1.807, 2.05) is 6.92 Å². The van der Waals surface area contributed by atoms with Crippen molar-refractivity contribution in [1.82, 2.24) is 0 Å². The quantitative estimate of drug-likeness (QED) is 0.839. The van der Waals surface area contributed by atoms with Gasteiger partial charge in [-0.3, -0.25) is 0 Å². The zero-order valence-corrected chi connectivity index (χ0v) is 10.9. The molecule has 0 atom stereocenters. The average Bonchev–Trinajstić information content (AvgIpc) is 2.34. The van der Waals surface area contributed by atoms with Crippen molar-refractivity contribution >= 4 is 23.3 Å². The number of rotatable bonds is 3. The lowest BCUT2D eigenvalue weighted by Crippen LogP contribution is -2.02. The highest BCUT2D eigenvalue weighted by Gasteiger charge is 2.10. The highest BCUT2D eigenvalue weighted by molar-refractivity contribution is 6.30. The van der Waals surface area contributed by atoms with Crippen molar-refractivity contribution < 1.29 is 14.6 Å². The van der Waals surface area contributed by atoms with E-state index in [-0.39, 0.29) is 11.3 Å². The third kappa shape index (κ3) is 2.98. The molecule has 4 nitrogen and oxygen atoms in total. The lowest BCUT2D eigenvalue weighted by molar-refractivity contribution is 0.0697. The van der Waals surface area contributed by atoms with Gasteiger partial charge in [-0.1, -0.05) is 11.6 Å². The van der Waals surface area contributed by atoms with Crippen LogP contribution in [0.25, 0.3) is 0 Å². The van der Waals surface area contributed by atoms with Gasteiger partial charge in [0.15, 0.2) is 0 Å². The Morgan fingerprint density at radius 2 is 2.00 bits per heavy atom. The molecular weight excluding hydrogens is 266 g/mol. The number of carboxylic acid groups (broad SMARTS) is 1. The second-order valence-corrected chi connectivity index (χ2v) is 4.50. The second-order valence-electron chi connectivity index (χ2n) is 4.07. The lowest BCUT2D eigenvalue weighted by atomic mass is 10.1. The van der Waals surface area contributed by atoms with Crippen molar-refractivity contribution in [2.24, 2.45) is 0 Å². The summed E-state index contributed by atoms with van der Waals surface area (Å²) >= 11 is 5.86. The average molecular weight is 278 g/mol. The number of hydrogen-bond donors (Lipinski definition) is 2. The number of ether oxygens (including phenoxy) is 1. The van der Waals surface area contributed by atoms with Gasteiger partial charge in [-0.2, -0.15) is 0 Å². The Kier molecular flexibility index (Phi) is 3.62. The molecule has 0 aliphatic heterocycles. The number of hydrogen-bond acceptors (Lipinski definition) is 3. The summed E-state index contributed by atoms with van der Waals surface area (Å²) in [5, 5.41) is 9.61. The zero-order chi connectivity index (χ0) is 14.0. The van der Waals surface area contributed by atoms with Crippen LogP contribution >= 0.6 is 11.6 Å². The zero-order valence-electron chi connectivity index (χ0n) is 10.2. The van der Waals surface area contributed by atoms with Gasteiger partial charge in [-0.25, -0.2) is 4.79 Å². The fraction of sp³-hybridized carbons (Fsp3) is 0.0714. The molecule has 0 aromatic heterocycles. The van der Waals surface area contributed by atoms with Crippen molar-refractivity contribution in [3.8, 4) is 11.5 Å². The molecule has 0 bridgehead atoms. The minimum Gasteiger partial charge on any atom is -0.478 e. The Labute approximate surface area is 115 Å². The third-order valence-corrected chi connectivity index (χ3v) is 2.86. The molecule has 2 aromatic carbocycles. The number of aryl methyl sites for hydroxylation is 1. The third-order valence-electron chi connectivity index (χ3n) is 2.62. The molecule has 0 amide bonds. The maximum Gasteiger partial charge on any atom is 0.337 e. The van der Waals surface area contributed by atoms with E-state index < -0.39 is 5.97 Å². The van der Waals surface area contributed by atoms with Crippen LogP contribution in [-0.2, 0) is 0 Å². The second kappa shape index (κ2) is 5.20. The van der Waals surface area contributed by atoms with Crippen LogP contribution < -0.4 is 10.5 Å². The maximum absolute atomic E-state index is 11.0. The largest absolute Gasteiger partial charge is 0.478 e. The first-order valence-electron chi connectivity index (χ1n) is 5.54. The molecule has 3 N–H and O–H groups in total. The van der Waals surface area contributed by atoms with Crippen molar-refractivity contribution in [3.63, 3.8) is 0 Å². The molecule has 0 aliphatic rings. The number of aromatic carboxylic acids is 1. The van der Waals surface area contributed by atoms with Crippen LogP contribution in [0.15, 0.2) is 36.4 Å². The summed E-state index contributed by atoms with van der Waals surface area (Å²) in [4.78, 5) is 11.0. The van der Waals surface area contributed by atoms with Gasteiger partial charge in [0.25, 0.3) is 0 Å². The first-order chi connectivity index (χ1) is 8.97. The number of carboxylic acids is 1. The van der Waals surface area contributed by atoms with Crippen LogP contribution in [0.2, 0.25) is 5.02 Å². The SMILES string of the molecule is Cc1cc(Cl)ccc1Oc1ccc(N)c(C(=O)O)c1. The summed E-state index contributed by atoms with van der Waals surface area (Å²) < 4.78 is 5.63. The van der Waals surface area contributed by atoms with Crippen LogP contribution in [0.4, 0.5) is 5.69 Å². The highest BCUT2D eigenvalue weighted by Crippen LogP contribution is 2.29. The number of nitrogens with two attached hydrogens (primary N) is 1. The monoisotopic (exact) mass is 277 g/mol. The van der Waals surface area contributed by atoms with E-state index in [9.17, 15) is 4.79 Å². The van der Waals surface area contributed by atoms with Gasteiger partial charge in [-0.15, -0.1) is 0 Å². The lowest BCUT2D eigenvalue weighted by Gasteiger charge is -2.10. The number of halogens is 1. The molecule has 98 valence electrons. The molecule has 2 aromatic rings. The Hall–Kier alpha value is -2.20. The van der Waals surface area contributed by atoms with E-state index in [0.29, 0.717) is 16.5 Å². The van der Waals surface area contributed by atoms with Gasteiger partial charge >= 0.3 is 5.97 Å². The number of nitrogen functional groups attached to an aromatic ring is 1. The Bertz CT molecular complexity index is 641. The Balaban J connectivity index is 2.33. The molecule has 0 saturated heterocycles. The molecule has 0 heterocycles. The van der Waals surface area contributed by atoms with Crippen LogP contribution in [0.5, 0.6) is 11.5 Å². The van der Waals surface area contributed by atoms with Crippen LogP contribution in [-0.4, -0.2) is 11.1 Å². The molecule has 5 heteroatoms. The van der Waals surface area contributed by atoms with Gasteiger partial charge in [0.2, 0.25) is 0 Å².